The number of esters is 1. The van der Waals surface area contributed by atoms with Gasteiger partial charge in [-0.3, -0.25) is 0 Å². The zero-order valence-corrected chi connectivity index (χ0v) is 13.5. The van der Waals surface area contributed by atoms with Crippen molar-refractivity contribution < 1.29 is 9.53 Å². The van der Waals surface area contributed by atoms with E-state index in [0.29, 0.717) is 11.5 Å². The number of hydrogen-bond donors (Lipinski definition) is 0. The Balaban J connectivity index is 1.72. The molecule has 3 aromatic rings. The van der Waals surface area contributed by atoms with Gasteiger partial charge in [0.05, 0.1) is 0 Å². The lowest BCUT2D eigenvalue weighted by molar-refractivity contribution is 0.0433. The van der Waals surface area contributed by atoms with Gasteiger partial charge in [-0.15, -0.1) is 11.3 Å². The quantitative estimate of drug-likeness (QED) is 0.631. The molecule has 1 heterocycles. The lowest BCUT2D eigenvalue weighted by Gasteiger charge is -2.24. The molecule has 0 unspecified atom stereocenters. The summed E-state index contributed by atoms with van der Waals surface area (Å²) in [4.78, 5) is 12.9. The zero-order chi connectivity index (χ0) is 15.6. The molecule has 0 spiro atoms. The van der Waals surface area contributed by atoms with Crippen LogP contribution in [0.3, 0.4) is 0 Å². The van der Waals surface area contributed by atoms with E-state index < -0.39 is 0 Å². The van der Waals surface area contributed by atoms with Gasteiger partial charge >= 0.3 is 5.97 Å². The van der Waals surface area contributed by atoms with Crippen LogP contribution in [-0.2, 0) is 10.2 Å². The molecule has 3 heteroatoms. The first-order valence-corrected chi connectivity index (χ1v) is 8.09. The van der Waals surface area contributed by atoms with Crippen LogP contribution in [0.25, 0.3) is 10.1 Å². The van der Waals surface area contributed by atoms with Crippen molar-refractivity contribution in [3.05, 3.63) is 71.1 Å². The summed E-state index contributed by atoms with van der Waals surface area (Å²) >= 11 is 1.48. The van der Waals surface area contributed by atoms with Gasteiger partial charge < -0.3 is 4.74 Å². The summed E-state index contributed by atoms with van der Waals surface area (Å²) in [6.07, 6.45) is 0. The molecule has 0 amide bonds. The molecule has 0 radical (unpaired) electrons. The number of ether oxygens (including phenoxy) is 1. The summed E-state index contributed by atoms with van der Waals surface area (Å²) in [5, 5.41) is 1.08. The van der Waals surface area contributed by atoms with Crippen molar-refractivity contribution in [2.24, 2.45) is 0 Å². The molecule has 0 saturated carbocycles. The van der Waals surface area contributed by atoms with Crippen molar-refractivity contribution in [2.75, 3.05) is 6.61 Å². The van der Waals surface area contributed by atoms with Gasteiger partial charge in [-0.1, -0.05) is 62.4 Å². The van der Waals surface area contributed by atoms with Crippen LogP contribution < -0.4 is 0 Å². The summed E-state index contributed by atoms with van der Waals surface area (Å²) < 4.78 is 6.66. The fraction of sp³-hybridized carbons (Fsp3) is 0.211. The second-order valence-corrected chi connectivity index (χ2v) is 7.06. The minimum absolute atomic E-state index is 0.201. The number of benzene rings is 2. The Bertz CT molecular complexity index is 754. The number of carbonyl (C=O) groups excluding carboxylic acids is 1. The molecule has 22 heavy (non-hydrogen) atoms. The first-order chi connectivity index (χ1) is 10.6. The normalized spacial score (nSPS) is 11.5. The Kier molecular flexibility index (Phi) is 3.99. The highest BCUT2D eigenvalue weighted by atomic mass is 32.1. The minimum Gasteiger partial charge on any atom is -0.461 e. The number of rotatable bonds is 4. The van der Waals surface area contributed by atoms with Crippen LogP contribution in [0.5, 0.6) is 0 Å². The van der Waals surface area contributed by atoms with Crippen LogP contribution in [0.1, 0.15) is 29.1 Å². The number of carbonyl (C=O) groups is 1. The second-order valence-electron chi connectivity index (χ2n) is 5.97. The highest BCUT2D eigenvalue weighted by Crippen LogP contribution is 2.27. The van der Waals surface area contributed by atoms with Crippen molar-refractivity contribution in [1.29, 1.82) is 0 Å². The van der Waals surface area contributed by atoms with Gasteiger partial charge in [0, 0.05) is 10.1 Å². The van der Waals surface area contributed by atoms with Crippen molar-refractivity contribution in [1.82, 2.24) is 0 Å². The van der Waals surface area contributed by atoms with E-state index in [1.165, 1.54) is 16.9 Å². The summed E-state index contributed by atoms with van der Waals surface area (Å²) in [5.74, 6) is -0.245. The van der Waals surface area contributed by atoms with E-state index in [9.17, 15) is 4.79 Å². The molecule has 0 aliphatic carbocycles. The lowest BCUT2D eigenvalue weighted by Crippen LogP contribution is -2.26. The van der Waals surface area contributed by atoms with Gasteiger partial charge in [0.1, 0.15) is 11.5 Å². The third-order valence-electron chi connectivity index (χ3n) is 3.75. The maximum atomic E-state index is 12.3. The standard InChI is InChI=1S/C19H18O2S/c1-19(2,15-9-4-3-5-10-15)13-21-18(20)17-12-14-8-6-7-11-16(14)22-17/h3-12H,13H2,1-2H3. The monoisotopic (exact) mass is 310 g/mol. The van der Waals surface area contributed by atoms with Crippen LogP contribution in [0.4, 0.5) is 0 Å². The highest BCUT2D eigenvalue weighted by molar-refractivity contribution is 7.20. The van der Waals surface area contributed by atoms with Crippen molar-refractivity contribution in [3.63, 3.8) is 0 Å². The topological polar surface area (TPSA) is 26.3 Å². The molecule has 2 aromatic carbocycles. The van der Waals surface area contributed by atoms with E-state index >= 15 is 0 Å². The van der Waals surface area contributed by atoms with Gasteiger partial charge in [0.15, 0.2) is 0 Å². The van der Waals surface area contributed by atoms with Crippen LogP contribution in [0.15, 0.2) is 60.7 Å². The fourth-order valence-electron chi connectivity index (χ4n) is 2.37. The largest absolute Gasteiger partial charge is 0.461 e. The number of hydrogen-bond acceptors (Lipinski definition) is 3. The summed E-state index contributed by atoms with van der Waals surface area (Å²) in [6.45, 7) is 4.53. The predicted molar refractivity (Wildman–Crippen MR) is 91.6 cm³/mol. The Labute approximate surface area is 134 Å². The molecule has 3 rings (SSSR count). The molecule has 0 N–H and O–H groups in total. The molecule has 0 atom stereocenters. The third-order valence-corrected chi connectivity index (χ3v) is 4.84. The molecule has 112 valence electrons. The SMILES string of the molecule is CC(C)(COC(=O)c1cc2ccccc2s1)c1ccccc1. The number of fused-ring (bicyclic) bond motifs is 1. The lowest BCUT2D eigenvalue weighted by atomic mass is 9.86. The van der Waals surface area contributed by atoms with Gasteiger partial charge in [-0.05, 0) is 23.1 Å². The highest BCUT2D eigenvalue weighted by Gasteiger charge is 2.23. The Morgan fingerprint density at radius 3 is 2.45 bits per heavy atom. The second kappa shape index (κ2) is 5.93. The number of thiophene rings is 1. The van der Waals surface area contributed by atoms with Crippen LogP contribution in [0.2, 0.25) is 0 Å². The Morgan fingerprint density at radius 1 is 1.05 bits per heavy atom. The summed E-state index contributed by atoms with van der Waals surface area (Å²) in [5.41, 5.74) is 0.965. The van der Waals surface area contributed by atoms with E-state index in [0.717, 1.165) is 10.1 Å². The Morgan fingerprint density at radius 2 is 1.73 bits per heavy atom. The van der Waals surface area contributed by atoms with Crippen LogP contribution in [-0.4, -0.2) is 12.6 Å². The molecule has 0 saturated heterocycles. The van der Waals surface area contributed by atoms with E-state index in [2.05, 4.69) is 26.0 Å². The molecule has 0 bridgehead atoms. The Hall–Kier alpha value is -2.13. The smallest absolute Gasteiger partial charge is 0.348 e. The maximum Gasteiger partial charge on any atom is 0.348 e. The fourth-order valence-corrected chi connectivity index (χ4v) is 3.33. The van der Waals surface area contributed by atoms with E-state index in [1.807, 2.05) is 48.5 Å². The minimum atomic E-state index is -0.245. The molecule has 2 nitrogen and oxygen atoms in total. The van der Waals surface area contributed by atoms with Gasteiger partial charge in [-0.25, -0.2) is 4.79 Å². The van der Waals surface area contributed by atoms with E-state index in [1.54, 1.807) is 0 Å². The van der Waals surface area contributed by atoms with Gasteiger partial charge in [0.2, 0.25) is 0 Å². The molecule has 1 aromatic heterocycles. The van der Waals surface area contributed by atoms with E-state index in [4.69, 9.17) is 4.74 Å². The van der Waals surface area contributed by atoms with Gasteiger partial charge in [0.25, 0.3) is 0 Å². The average Bonchev–Trinajstić information content (AvgIpc) is 2.98. The molecule has 0 aliphatic heterocycles. The molecule has 0 aliphatic rings. The third kappa shape index (κ3) is 3.04. The summed E-state index contributed by atoms with van der Waals surface area (Å²) in [7, 11) is 0. The first-order valence-electron chi connectivity index (χ1n) is 7.27. The average molecular weight is 310 g/mol. The van der Waals surface area contributed by atoms with Crippen LogP contribution >= 0.6 is 11.3 Å². The van der Waals surface area contributed by atoms with Crippen molar-refractivity contribution in [3.8, 4) is 0 Å². The zero-order valence-electron chi connectivity index (χ0n) is 12.7. The van der Waals surface area contributed by atoms with E-state index in [-0.39, 0.29) is 11.4 Å². The molecular weight excluding hydrogens is 292 g/mol. The summed E-state index contributed by atoms with van der Waals surface area (Å²) in [6, 6.07) is 20.0. The molecular formula is C19H18O2S. The molecule has 0 fully saturated rings. The van der Waals surface area contributed by atoms with Crippen molar-refractivity contribution in [2.45, 2.75) is 19.3 Å². The maximum absolute atomic E-state index is 12.3. The van der Waals surface area contributed by atoms with Crippen LogP contribution in [0, 0.1) is 0 Å². The van der Waals surface area contributed by atoms with Gasteiger partial charge in [-0.2, -0.15) is 0 Å². The first kappa shape index (κ1) is 14.8. The van der Waals surface area contributed by atoms with Crippen molar-refractivity contribution >= 4 is 27.4 Å². The predicted octanol–water partition coefficient (Wildman–Crippen LogP) is 5.04.